The number of hydrogen-bond donors (Lipinski definition) is 0. The lowest BCUT2D eigenvalue weighted by Crippen LogP contribution is -2.48. The molecule has 0 amide bonds. The highest BCUT2D eigenvalue weighted by Gasteiger charge is 2.54. The fourth-order valence-electron chi connectivity index (χ4n) is 3.05. The van der Waals surface area contributed by atoms with Crippen LogP contribution in [0.25, 0.3) is 0 Å². The zero-order chi connectivity index (χ0) is 12.3. The van der Waals surface area contributed by atoms with Gasteiger partial charge in [-0.2, -0.15) is 0 Å². The maximum Gasteiger partial charge on any atom is 0.319 e. The largest absolute Gasteiger partial charge is 0.465 e. The number of rotatable bonds is 3. The Morgan fingerprint density at radius 1 is 1.53 bits per heavy atom. The van der Waals surface area contributed by atoms with Crippen LogP contribution < -0.4 is 0 Å². The van der Waals surface area contributed by atoms with E-state index in [-0.39, 0.29) is 17.7 Å². The van der Waals surface area contributed by atoms with Crippen molar-refractivity contribution in [3.05, 3.63) is 0 Å². The Hall–Kier alpha value is -0.900. The quantitative estimate of drug-likeness (QED) is 0.556. The zero-order valence-corrected chi connectivity index (χ0v) is 10.4. The predicted molar refractivity (Wildman–Crippen MR) is 61.5 cm³/mol. The van der Waals surface area contributed by atoms with Crippen molar-refractivity contribution in [2.24, 2.45) is 11.3 Å². The minimum absolute atomic E-state index is 0.0225. The highest BCUT2D eigenvalue weighted by atomic mass is 16.5. The Morgan fingerprint density at radius 2 is 2.35 bits per heavy atom. The van der Waals surface area contributed by atoms with Crippen molar-refractivity contribution in [1.82, 2.24) is 0 Å². The van der Waals surface area contributed by atoms with Crippen LogP contribution in [0.5, 0.6) is 0 Å². The Bertz CT molecular complexity index is 307. The standard InChI is InChI=1S/C13H20O4/c1-2-17-12(15)13(10-6-8-16-9-10)7-4-3-5-11(13)14/h10H,2-9H2,1H3. The lowest BCUT2D eigenvalue weighted by molar-refractivity contribution is -0.166. The van der Waals surface area contributed by atoms with Crippen molar-refractivity contribution >= 4 is 11.8 Å². The van der Waals surface area contributed by atoms with Crippen LogP contribution in [0, 0.1) is 11.3 Å². The van der Waals surface area contributed by atoms with Gasteiger partial charge in [-0.25, -0.2) is 0 Å². The molecule has 0 aromatic rings. The molecule has 96 valence electrons. The van der Waals surface area contributed by atoms with E-state index in [2.05, 4.69) is 0 Å². The number of hydrogen-bond acceptors (Lipinski definition) is 4. The van der Waals surface area contributed by atoms with Crippen molar-refractivity contribution in [3.8, 4) is 0 Å². The van der Waals surface area contributed by atoms with Crippen molar-refractivity contribution in [1.29, 1.82) is 0 Å². The van der Waals surface area contributed by atoms with Gasteiger partial charge < -0.3 is 9.47 Å². The zero-order valence-electron chi connectivity index (χ0n) is 10.4. The smallest absolute Gasteiger partial charge is 0.319 e. The number of esters is 1. The van der Waals surface area contributed by atoms with Gasteiger partial charge in [0.25, 0.3) is 0 Å². The first-order chi connectivity index (χ1) is 8.21. The maximum absolute atomic E-state index is 12.3. The monoisotopic (exact) mass is 240 g/mol. The van der Waals surface area contributed by atoms with E-state index in [9.17, 15) is 9.59 Å². The molecule has 1 heterocycles. The topological polar surface area (TPSA) is 52.6 Å². The highest BCUT2D eigenvalue weighted by molar-refractivity contribution is 6.04. The lowest BCUT2D eigenvalue weighted by atomic mass is 9.64. The van der Waals surface area contributed by atoms with Gasteiger partial charge in [0.2, 0.25) is 0 Å². The van der Waals surface area contributed by atoms with E-state index in [4.69, 9.17) is 9.47 Å². The molecule has 4 heteroatoms. The van der Waals surface area contributed by atoms with E-state index in [0.717, 1.165) is 19.3 Å². The normalized spacial score (nSPS) is 33.7. The summed E-state index contributed by atoms with van der Waals surface area (Å²) in [6.45, 7) is 3.29. The molecule has 0 aromatic carbocycles. The Kier molecular flexibility index (Phi) is 3.82. The van der Waals surface area contributed by atoms with Gasteiger partial charge >= 0.3 is 5.97 Å². The summed E-state index contributed by atoms with van der Waals surface area (Å²) in [5.41, 5.74) is -0.898. The second kappa shape index (κ2) is 5.17. The first kappa shape index (κ1) is 12.6. The SMILES string of the molecule is CCOC(=O)C1(C2CCOC2)CCCCC1=O. The fourth-order valence-corrected chi connectivity index (χ4v) is 3.05. The summed E-state index contributed by atoms with van der Waals surface area (Å²) in [7, 11) is 0. The highest BCUT2D eigenvalue weighted by Crippen LogP contribution is 2.44. The summed E-state index contributed by atoms with van der Waals surface area (Å²) in [5.74, 6) is -0.229. The van der Waals surface area contributed by atoms with Gasteiger partial charge in [0.1, 0.15) is 5.41 Å². The molecule has 1 saturated carbocycles. The Morgan fingerprint density at radius 3 is 2.94 bits per heavy atom. The summed E-state index contributed by atoms with van der Waals surface area (Å²) in [6.07, 6.45) is 3.77. The van der Waals surface area contributed by atoms with Gasteiger partial charge in [-0.15, -0.1) is 0 Å². The van der Waals surface area contributed by atoms with E-state index >= 15 is 0 Å². The summed E-state index contributed by atoms with van der Waals surface area (Å²) >= 11 is 0. The molecule has 0 aromatic heterocycles. The Labute approximate surface area is 102 Å². The molecule has 2 atom stereocenters. The molecule has 0 bridgehead atoms. The molecule has 17 heavy (non-hydrogen) atoms. The molecule has 2 fully saturated rings. The molecule has 0 N–H and O–H groups in total. The molecule has 4 nitrogen and oxygen atoms in total. The van der Waals surface area contributed by atoms with Gasteiger partial charge in [-0.05, 0) is 26.2 Å². The van der Waals surface area contributed by atoms with E-state index in [0.29, 0.717) is 32.7 Å². The van der Waals surface area contributed by atoms with Crippen molar-refractivity contribution < 1.29 is 19.1 Å². The second-order valence-electron chi connectivity index (χ2n) is 4.88. The van der Waals surface area contributed by atoms with Gasteiger partial charge in [-0.1, -0.05) is 6.42 Å². The summed E-state index contributed by atoms with van der Waals surface area (Å²) in [6, 6.07) is 0. The lowest BCUT2D eigenvalue weighted by Gasteiger charge is -2.37. The molecule has 2 aliphatic rings. The third kappa shape index (κ3) is 2.10. The first-order valence-electron chi connectivity index (χ1n) is 6.50. The first-order valence-corrected chi connectivity index (χ1v) is 6.50. The summed E-state index contributed by atoms with van der Waals surface area (Å²) in [5, 5.41) is 0. The minimum Gasteiger partial charge on any atom is -0.465 e. The molecule has 2 unspecified atom stereocenters. The third-order valence-corrected chi connectivity index (χ3v) is 3.99. The third-order valence-electron chi connectivity index (χ3n) is 3.99. The van der Waals surface area contributed by atoms with Crippen LogP contribution in [0.4, 0.5) is 0 Å². The average Bonchev–Trinajstić information content (AvgIpc) is 2.84. The number of carbonyl (C=O) groups is 2. The van der Waals surface area contributed by atoms with Gasteiger partial charge in [0, 0.05) is 18.9 Å². The molecule has 0 spiro atoms. The van der Waals surface area contributed by atoms with Crippen LogP contribution >= 0.6 is 0 Å². The average molecular weight is 240 g/mol. The summed E-state index contributed by atoms with van der Waals surface area (Å²) in [4.78, 5) is 24.5. The molecular formula is C13H20O4. The number of ether oxygens (including phenoxy) is 2. The van der Waals surface area contributed by atoms with Gasteiger partial charge in [-0.3, -0.25) is 9.59 Å². The minimum atomic E-state index is -0.898. The van der Waals surface area contributed by atoms with Crippen LogP contribution in [-0.4, -0.2) is 31.6 Å². The van der Waals surface area contributed by atoms with Gasteiger partial charge in [0.15, 0.2) is 5.78 Å². The van der Waals surface area contributed by atoms with Crippen molar-refractivity contribution in [3.63, 3.8) is 0 Å². The molecule has 1 aliphatic carbocycles. The van der Waals surface area contributed by atoms with Crippen LogP contribution in [0.3, 0.4) is 0 Å². The van der Waals surface area contributed by atoms with E-state index in [1.807, 2.05) is 0 Å². The molecule has 2 rings (SSSR count). The van der Waals surface area contributed by atoms with Crippen molar-refractivity contribution in [2.45, 2.75) is 39.0 Å². The summed E-state index contributed by atoms with van der Waals surface area (Å²) < 4.78 is 10.5. The van der Waals surface area contributed by atoms with Crippen LogP contribution in [0.15, 0.2) is 0 Å². The number of carbonyl (C=O) groups excluding carboxylic acids is 2. The predicted octanol–water partition coefficient (Wildman–Crippen LogP) is 1.72. The number of Topliss-reactive ketones (excluding diaryl/α,β-unsaturated/α-hetero) is 1. The van der Waals surface area contributed by atoms with Crippen LogP contribution in [-0.2, 0) is 19.1 Å². The van der Waals surface area contributed by atoms with E-state index < -0.39 is 5.41 Å². The van der Waals surface area contributed by atoms with Gasteiger partial charge in [0.05, 0.1) is 13.2 Å². The molecule has 1 saturated heterocycles. The molecular weight excluding hydrogens is 220 g/mol. The molecule has 0 radical (unpaired) electrons. The fraction of sp³-hybridized carbons (Fsp3) is 0.846. The van der Waals surface area contributed by atoms with Crippen LogP contribution in [0.1, 0.15) is 39.0 Å². The second-order valence-corrected chi connectivity index (χ2v) is 4.88. The van der Waals surface area contributed by atoms with Crippen LogP contribution in [0.2, 0.25) is 0 Å². The Balaban J connectivity index is 2.26. The van der Waals surface area contributed by atoms with E-state index in [1.54, 1.807) is 6.92 Å². The molecule has 1 aliphatic heterocycles. The van der Waals surface area contributed by atoms with E-state index in [1.165, 1.54) is 0 Å². The van der Waals surface area contributed by atoms with Crippen molar-refractivity contribution in [2.75, 3.05) is 19.8 Å². The maximum atomic E-state index is 12.3. The number of ketones is 1.